The van der Waals surface area contributed by atoms with Crippen molar-refractivity contribution in [1.82, 2.24) is 19.7 Å². The molecule has 2 N–H and O–H groups in total. The summed E-state index contributed by atoms with van der Waals surface area (Å²) in [5.41, 5.74) is 0.504. The van der Waals surface area contributed by atoms with E-state index >= 15 is 0 Å². The fraction of sp³-hybridized carbons (Fsp3) is 0.125. The average molecular weight is 191 g/mol. The number of rotatable bonds is 2. The lowest BCUT2D eigenvalue weighted by atomic mass is 10.3. The van der Waals surface area contributed by atoms with Crippen molar-refractivity contribution in [2.75, 3.05) is 5.32 Å². The summed E-state index contributed by atoms with van der Waals surface area (Å²) in [6.45, 7) is 0. The molecule has 6 heteroatoms. The number of anilines is 1. The number of amides is 1. The van der Waals surface area contributed by atoms with E-state index in [0.717, 1.165) is 0 Å². The number of carbonyl (C=O) groups excluding carboxylic acids is 1. The minimum atomic E-state index is -0.229. The van der Waals surface area contributed by atoms with Gasteiger partial charge in [0.1, 0.15) is 0 Å². The van der Waals surface area contributed by atoms with Gasteiger partial charge in [-0.3, -0.25) is 14.8 Å². The van der Waals surface area contributed by atoms with Crippen LogP contribution in [-0.4, -0.2) is 25.7 Å². The van der Waals surface area contributed by atoms with Gasteiger partial charge in [-0.1, -0.05) is 0 Å². The Hall–Kier alpha value is -2.11. The topological polar surface area (TPSA) is 75.6 Å². The van der Waals surface area contributed by atoms with E-state index in [1.807, 2.05) is 0 Å². The molecule has 0 aliphatic carbocycles. The summed E-state index contributed by atoms with van der Waals surface area (Å²) in [5.74, 6) is 0.201. The zero-order chi connectivity index (χ0) is 9.97. The summed E-state index contributed by atoms with van der Waals surface area (Å²) >= 11 is 0. The molecule has 72 valence electrons. The Bertz CT molecular complexity index is 430. The van der Waals surface area contributed by atoms with Gasteiger partial charge in [0.2, 0.25) is 5.95 Å². The minimum absolute atomic E-state index is 0.229. The highest BCUT2D eigenvalue weighted by atomic mass is 16.1. The zero-order valence-corrected chi connectivity index (χ0v) is 7.56. The van der Waals surface area contributed by atoms with Crippen LogP contribution in [0.5, 0.6) is 0 Å². The van der Waals surface area contributed by atoms with Gasteiger partial charge in [0, 0.05) is 25.6 Å². The van der Waals surface area contributed by atoms with Crippen LogP contribution in [0.4, 0.5) is 5.95 Å². The first-order valence-electron chi connectivity index (χ1n) is 4.05. The van der Waals surface area contributed by atoms with E-state index < -0.39 is 0 Å². The molecule has 0 saturated heterocycles. The van der Waals surface area contributed by atoms with E-state index in [-0.39, 0.29) is 5.91 Å². The van der Waals surface area contributed by atoms with Crippen molar-refractivity contribution in [2.45, 2.75) is 0 Å². The fourth-order valence-electron chi connectivity index (χ4n) is 1.05. The minimum Gasteiger partial charge on any atom is -0.331 e. The standard InChI is InChI=1S/C8H9N5O/c1-13-5-6(4-11-13)7(14)12-8-9-2-3-10-8/h2-5H,1H3,(H2,9,10,12,14). The maximum Gasteiger partial charge on any atom is 0.261 e. The third-order valence-electron chi connectivity index (χ3n) is 1.70. The predicted molar refractivity (Wildman–Crippen MR) is 49.7 cm³/mol. The van der Waals surface area contributed by atoms with Gasteiger partial charge in [0.15, 0.2) is 0 Å². The van der Waals surface area contributed by atoms with E-state index in [0.29, 0.717) is 11.5 Å². The monoisotopic (exact) mass is 191 g/mol. The highest BCUT2D eigenvalue weighted by molar-refractivity contribution is 6.02. The molecule has 0 radical (unpaired) electrons. The van der Waals surface area contributed by atoms with Gasteiger partial charge in [-0.15, -0.1) is 0 Å². The van der Waals surface area contributed by atoms with Crippen LogP contribution >= 0.6 is 0 Å². The van der Waals surface area contributed by atoms with Gasteiger partial charge in [-0.05, 0) is 0 Å². The van der Waals surface area contributed by atoms with E-state index in [1.54, 1.807) is 30.3 Å². The number of hydrogen-bond acceptors (Lipinski definition) is 3. The first-order chi connectivity index (χ1) is 6.75. The summed E-state index contributed by atoms with van der Waals surface area (Å²) in [6.07, 6.45) is 6.34. The van der Waals surface area contributed by atoms with E-state index in [4.69, 9.17) is 0 Å². The van der Waals surface area contributed by atoms with Crippen molar-refractivity contribution in [1.29, 1.82) is 0 Å². The number of imidazole rings is 1. The van der Waals surface area contributed by atoms with Crippen LogP contribution < -0.4 is 5.32 Å². The van der Waals surface area contributed by atoms with Crippen LogP contribution in [-0.2, 0) is 7.05 Å². The molecule has 0 aromatic carbocycles. The van der Waals surface area contributed by atoms with Crippen molar-refractivity contribution in [3.05, 3.63) is 30.4 Å². The zero-order valence-electron chi connectivity index (χ0n) is 7.56. The average Bonchev–Trinajstić information content (AvgIpc) is 2.75. The number of nitrogens with one attached hydrogen (secondary N) is 2. The van der Waals surface area contributed by atoms with Crippen LogP contribution in [0.2, 0.25) is 0 Å². The van der Waals surface area contributed by atoms with Crippen molar-refractivity contribution in [2.24, 2.45) is 7.05 Å². The van der Waals surface area contributed by atoms with Gasteiger partial charge in [-0.2, -0.15) is 5.10 Å². The summed E-state index contributed by atoms with van der Waals surface area (Å²) in [6, 6.07) is 0. The maximum atomic E-state index is 11.5. The first-order valence-corrected chi connectivity index (χ1v) is 4.05. The molecule has 0 spiro atoms. The van der Waals surface area contributed by atoms with Gasteiger partial charge < -0.3 is 4.98 Å². The lowest BCUT2D eigenvalue weighted by Crippen LogP contribution is -2.12. The highest BCUT2D eigenvalue weighted by Crippen LogP contribution is 2.01. The molecule has 0 saturated carbocycles. The van der Waals surface area contributed by atoms with Gasteiger partial charge in [-0.25, -0.2) is 4.98 Å². The number of nitrogens with zero attached hydrogens (tertiary/aromatic N) is 3. The number of aromatic nitrogens is 4. The predicted octanol–water partition coefficient (Wildman–Crippen LogP) is 0.395. The van der Waals surface area contributed by atoms with E-state index in [1.165, 1.54) is 6.20 Å². The van der Waals surface area contributed by atoms with Crippen LogP contribution in [0.3, 0.4) is 0 Å². The number of H-pyrrole nitrogens is 1. The molecule has 0 atom stereocenters. The molecule has 14 heavy (non-hydrogen) atoms. The maximum absolute atomic E-state index is 11.5. The van der Waals surface area contributed by atoms with E-state index in [9.17, 15) is 4.79 Å². The molecule has 6 nitrogen and oxygen atoms in total. The van der Waals surface area contributed by atoms with Crippen LogP contribution in [0, 0.1) is 0 Å². The highest BCUT2D eigenvalue weighted by Gasteiger charge is 2.08. The van der Waals surface area contributed by atoms with Crippen molar-refractivity contribution >= 4 is 11.9 Å². The molecule has 2 aromatic heterocycles. The molecule has 0 aliphatic heterocycles. The molecular weight excluding hydrogens is 182 g/mol. The SMILES string of the molecule is Cn1cc(C(=O)Nc2ncc[nH]2)cn1. The third-order valence-corrected chi connectivity index (χ3v) is 1.70. The number of carbonyl (C=O) groups is 1. The second kappa shape index (κ2) is 3.33. The van der Waals surface area contributed by atoms with Gasteiger partial charge >= 0.3 is 0 Å². The second-order valence-corrected chi connectivity index (χ2v) is 2.79. The number of hydrogen-bond donors (Lipinski definition) is 2. The fourth-order valence-corrected chi connectivity index (χ4v) is 1.05. The van der Waals surface area contributed by atoms with Gasteiger partial charge in [0.25, 0.3) is 5.91 Å². The van der Waals surface area contributed by atoms with Crippen LogP contribution in [0.25, 0.3) is 0 Å². The molecule has 2 heterocycles. The Kier molecular flexibility index (Phi) is 2.02. The van der Waals surface area contributed by atoms with E-state index in [2.05, 4.69) is 20.4 Å². The Morgan fingerprint density at radius 3 is 3.07 bits per heavy atom. The molecular formula is C8H9N5O. The Labute approximate surface area is 80.0 Å². The first kappa shape index (κ1) is 8.49. The van der Waals surface area contributed by atoms with Gasteiger partial charge in [0.05, 0.1) is 11.8 Å². The lowest BCUT2D eigenvalue weighted by molar-refractivity contribution is 0.102. The Morgan fingerprint density at radius 1 is 1.64 bits per heavy atom. The summed E-state index contributed by atoms with van der Waals surface area (Å²) in [7, 11) is 1.75. The van der Waals surface area contributed by atoms with Crippen LogP contribution in [0.1, 0.15) is 10.4 Å². The molecule has 0 fully saturated rings. The van der Waals surface area contributed by atoms with Crippen molar-refractivity contribution in [3.8, 4) is 0 Å². The summed E-state index contributed by atoms with van der Waals surface area (Å²) < 4.78 is 1.57. The number of aryl methyl sites for hydroxylation is 1. The molecule has 1 amide bonds. The Balaban J connectivity index is 2.10. The molecule has 0 bridgehead atoms. The molecule has 0 unspecified atom stereocenters. The largest absolute Gasteiger partial charge is 0.331 e. The smallest absolute Gasteiger partial charge is 0.261 e. The third kappa shape index (κ3) is 1.63. The molecule has 2 rings (SSSR count). The number of aromatic amines is 1. The lowest BCUT2D eigenvalue weighted by Gasteiger charge is -1.97. The molecule has 0 aliphatic rings. The second-order valence-electron chi connectivity index (χ2n) is 2.79. The quantitative estimate of drug-likeness (QED) is 0.721. The van der Waals surface area contributed by atoms with Crippen molar-refractivity contribution < 1.29 is 4.79 Å². The van der Waals surface area contributed by atoms with Crippen molar-refractivity contribution in [3.63, 3.8) is 0 Å². The normalized spacial score (nSPS) is 10.1. The van der Waals surface area contributed by atoms with Crippen LogP contribution in [0.15, 0.2) is 24.8 Å². The summed E-state index contributed by atoms with van der Waals surface area (Å²) in [4.78, 5) is 18.1. The summed E-state index contributed by atoms with van der Waals surface area (Å²) in [5, 5.41) is 6.48. The molecule has 2 aromatic rings. The Morgan fingerprint density at radius 2 is 2.50 bits per heavy atom.